The molecule has 1 aromatic heterocycles. The van der Waals surface area contributed by atoms with Crippen molar-refractivity contribution >= 4 is 18.3 Å². The van der Waals surface area contributed by atoms with E-state index in [0.717, 1.165) is 5.56 Å². The summed E-state index contributed by atoms with van der Waals surface area (Å²) in [4.78, 5) is 15.6. The van der Waals surface area contributed by atoms with Crippen molar-refractivity contribution in [2.24, 2.45) is 0 Å². The molecule has 0 bridgehead atoms. The second-order valence-electron chi connectivity index (χ2n) is 4.21. The topological polar surface area (TPSA) is 51.2 Å². The van der Waals surface area contributed by atoms with E-state index in [1.165, 1.54) is 13.2 Å². The van der Waals surface area contributed by atoms with Gasteiger partial charge < -0.3 is 10.1 Å². The number of nitrogens with zero attached hydrogens (tertiary/aromatic N) is 1. The fourth-order valence-corrected chi connectivity index (χ4v) is 1.79. The van der Waals surface area contributed by atoms with Crippen molar-refractivity contribution in [3.63, 3.8) is 0 Å². The zero-order valence-electron chi connectivity index (χ0n) is 11.5. The van der Waals surface area contributed by atoms with Crippen LogP contribution in [0.1, 0.15) is 15.9 Å². The number of aromatic nitrogens is 1. The zero-order valence-corrected chi connectivity index (χ0v) is 12.3. The highest BCUT2D eigenvalue weighted by Crippen LogP contribution is 2.17. The van der Waals surface area contributed by atoms with Crippen LogP contribution in [0.2, 0.25) is 0 Å². The molecule has 21 heavy (non-hydrogen) atoms. The minimum atomic E-state index is -0.398. The molecular weight excluding hydrogens is 295 g/mol. The van der Waals surface area contributed by atoms with Gasteiger partial charge in [-0.25, -0.2) is 4.39 Å². The third kappa shape index (κ3) is 4.72. The van der Waals surface area contributed by atoms with Crippen molar-refractivity contribution in [3.05, 3.63) is 59.7 Å². The number of pyridine rings is 1. The normalized spacial score (nSPS) is 9.62. The van der Waals surface area contributed by atoms with Crippen molar-refractivity contribution in [2.45, 2.75) is 6.42 Å². The summed E-state index contributed by atoms with van der Waals surface area (Å²) in [6.45, 7) is 0.437. The molecule has 0 unspecified atom stereocenters. The number of halogens is 2. The fraction of sp³-hybridized carbons (Fsp3) is 0.200. The fourth-order valence-electron chi connectivity index (χ4n) is 1.79. The Kier molecular flexibility index (Phi) is 6.62. The number of nitrogens with one attached hydrogen (secondary N) is 1. The second-order valence-corrected chi connectivity index (χ2v) is 4.21. The highest BCUT2D eigenvalue weighted by Gasteiger charge is 2.06. The van der Waals surface area contributed by atoms with E-state index >= 15 is 0 Å². The predicted octanol–water partition coefficient (Wildman–Crippen LogP) is 2.62. The molecule has 0 saturated carbocycles. The van der Waals surface area contributed by atoms with Crippen molar-refractivity contribution in [2.75, 3.05) is 13.7 Å². The number of hydrogen-bond donors (Lipinski definition) is 1. The molecule has 0 saturated heterocycles. The summed E-state index contributed by atoms with van der Waals surface area (Å²) < 4.78 is 18.3. The summed E-state index contributed by atoms with van der Waals surface area (Å²) in [5.41, 5.74) is 1.36. The lowest BCUT2D eigenvalue weighted by Gasteiger charge is -2.07. The Bertz CT molecular complexity index is 593. The first kappa shape index (κ1) is 16.9. The summed E-state index contributed by atoms with van der Waals surface area (Å²) in [6.07, 6.45) is 3.68. The average molecular weight is 311 g/mol. The van der Waals surface area contributed by atoms with Gasteiger partial charge in [0.25, 0.3) is 5.91 Å². The van der Waals surface area contributed by atoms with Crippen molar-refractivity contribution in [1.29, 1.82) is 0 Å². The molecule has 0 aliphatic rings. The minimum absolute atomic E-state index is 0. The standard InChI is InChI=1S/C15H15FN2O2.ClH/c1-20-14-3-2-11(10-13(14)16)4-9-18-15(19)12-5-7-17-8-6-12;/h2-3,5-8,10H,4,9H2,1H3,(H,18,19);1H. The van der Waals surface area contributed by atoms with Crippen molar-refractivity contribution in [1.82, 2.24) is 10.3 Å². The van der Waals surface area contributed by atoms with Crippen LogP contribution in [0.25, 0.3) is 0 Å². The van der Waals surface area contributed by atoms with E-state index in [1.807, 2.05) is 0 Å². The predicted molar refractivity (Wildman–Crippen MR) is 80.5 cm³/mol. The first-order valence-electron chi connectivity index (χ1n) is 6.21. The van der Waals surface area contributed by atoms with Crippen LogP contribution in [0.15, 0.2) is 42.7 Å². The van der Waals surface area contributed by atoms with Crippen LogP contribution in [-0.2, 0) is 6.42 Å². The van der Waals surface area contributed by atoms with Crippen molar-refractivity contribution in [3.8, 4) is 5.75 Å². The van der Waals surface area contributed by atoms with E-state index in [0.29, 0.717) is 18.5 Å². The van der Waals surface area contributed by atoms with Gasteiger partial charge in [-0.1, -0.05) is 6.07 Å². The molecule has 1 aromatic carbocycles. The Labute approximate surface area is 128 Å². The van der Waals surface area contributed by atoms with Gasteiger partial charge in [-0.3, -0.25) is 9.78 Å². The van der Waals surface area contributed by atoms with Gasteiger partial charge in [-0.2, -0.15) is 0 Å². The number of benzene rings is 1. The molecule has 1 amide bonds. The molecule has 0 fully saturated rings. The first-order valence-corrected chi connectivity index (χ1v) is 6.21. The van der Waals surface area contributed by atoms with Gasteiger partial charge in [0, 0.05) is 24.5 Å². The molecular formula is C15H16ClFN2O2. The quantitative estimate of drug-likeness (QED) is 0.923. The minimum Gasteiger partial charge on any atom is -0.494 e. The SMILES string of the molecule is COc1ccc(CCNC(=O)c2ccncc2)cc1F.Cl. The molecule has 1 heterocycles. The maximum atomic E-state index is 13.5. The van der Waals surface area contributed by atoms with Crippen LogP contribution in [0.3, 0.4) is 0 Å². The van der Waals surface area contributed by atoms with E-state index in [2.05, 4.69) is 10.3 Å². The van der Waals surface area contributed by atoms with E-state index in [-0.39, 0.29) is 24.1 Å². The molecule has 0 radical (unpaired) electrons. The Morgan fingerprint density at radius 3 is 2.62 bits per heavy atom. The highest BCUT2D eigenvalue weighted by molar-refractivity contribution is 5.93. The third-order valence-corrected chi connectivity index (χ3v) is 2.86. The molecule has 112 valence electrons. The van der Waals surface area contributed by atoms with Crippen LogP contribution in [-0.4, -0.2) is 24.5 Å². The molecule has 4 nitrogen and oxygen atoms in total. The van der Waals surface area contributed by atoms with E-state index in [9.17, 15) is 9.18 Å². The average Bonchev–Trinajstić information content (AvgIpc) is 2.48. The van der Waals surface area contributed by atoms with Gasteiger partial charge in [-0.15, -0.1) is 12.4 Å². The summed E-state index contributed by atoms with van der Waals surface area (Å²) >= 11 is 0. The van der Waals surface area contributed by atoms with E-state index in [4.69, 9.17) is 4.74 Å². The molecule has 0 atom stereocenters. The third-order valence-electron chi connectivity index (χ3n) is 2.86. The Morgan fingerprint density at radius 1 is 1.29 bits per heavy atom. The van der Waals surface area contributed by atoms with E-state index < -0.39 is 5.82 Å². The van der Waals surface area contributed by atoms with Crippen LogP contribution in [0.5, 0.6) is 5.75 Å². The maximum Gasteiger partial charge on any atom is 0.251 e. The van der Waals surface area contributed by atoms with Crippen molar-refractivity contribution < 1.29 is 13.9 Å². The summed E-state index contributed by atoms with van der Waals surface area (Å²) in [5.74, 6) is -0.346. The largest absolute Gasteiger partial charge is 0.494 e. The number of rotatable bonds is 5. The van der Waals surface area contributed by atoms with E-state index in [1.54, 1.807) is 36.7 Å². The maximum absolute atomic E-state index is 13.5. The second kappa shape index (κ2) is 8.21. The first-order chi connectivity index (χ1) is 9.70. The van der Waals surface area contributed by atoms with Gasteiger partial charge in [0.05, 0.1) is 7.11 Å². The molecule has 1 N–H and O–H groups in total. The van der Waals surface area contributed by atoms with Crippen LogP contribution >= 0.6 is 12.4 Å². The Hall–Kier alpha value is -2.14. The monoisotopic (exact) mass is 310 g/mol. The summed E-state index contributed by atoms with van der Waals surface area (Å²) in [5, 5.41) is 2.78. The molecule has 0 aliphatic heterocycles. The molecule has 2 rings (SSSR count). The highest BCUT2D eigenvalue weighted by atomic mass is 35.5. The smallest absolute Gasteiger partial charge is 0.251 e. The van der Waals surface area contributed by atoms with Gasteiger partial charge in [0.15, 0.2) is 11.6 Å². The number of methoxy groups -OCH3 is 1. The number of hydrogen-bond acceptors (Lipinski definition) is 3. The van der Waals surface area contributed by atoms with Gasteiger partial charge in [-0.05, 0) is 36.2 Å². The van der Waals surface area contributed by atoms with Crippen LogP contribution < -0.4 is 10.1 Å². The Morgan fingerprint density at radius 2 is 2.00 bits per heavy atom. The zero-order chi connectivity index (χ0) is 14.4. The van der Waals surface area contributed by atoms with Crippen LogP contribution in [0, 0.1) is 5.82 Å². The molecule has 0 spiro atoms. The number of amides is 1. The number of ether oxygens (including phenoxy) is 1. The van der Waals surface area contributed by atoms with Gasteiger partial charge in [0.1, 0.15) is 0 Å². The molecule has 6 heteroatoms. The summed E-state index contributed by atoms with van der Waals surface area (Å²) in [7, 11) is 1.42. The molecule has 2 aromatic rings. The van der Waals surface area contributed by atoms with Crippen LogP contribution in [0.4, 0.5) is 4.39 Å². The lowest BCUT2D eigenvalue weighted by molar-refractivity contribution is 0.0954. The van der Waals surface area contributed by atoms with Gasteiger partial charge in [0.2, 0.25) is 0 Å². The molecule has 0 aliphatic carbocycles. The number of carbonyl (C=O) groups excluding carboxylic acids is 1. The summed E-state index contributed by atoms with van der Waals surface area (Å²) in [6, 6.07) is 8.05. The van der Waals surface area contributed by atoms with Gasteiger partial charge >= 0.3 is 0 Å². The Balaban J connectivity index is 0.00000220. The lowest BCUT2D eigenvalue weighted by atomic mass is 10.1. The number of carbonyl (C=O) groups is 1. The lowest BCUT2D eigenvalue weighted by Crippen LogP contribution is -2.25.